The van der Waals surface area contributed by atoms with Crippen LogP contribution in [0.2, 0.25) is 0 Å². The highest BCUT2D eigenvalue weighted by atomic mass is 16.5. The molecule has 2 rings (SSSR count). The number of aliphatic hydroxyl groups is 3. The second kappa shape index (κ2) is 12.0. The Morgan fingerprint density at radius 2 is 1.64 bits per heavy atom. The summed E-state index contributed by atoms with van der Waals surface area (Å²) in [7, 11) is 0. The highest BCUT2D eigenvalue weighted by Crippen LogP contribution is 2.39. The van der Waals surface area contributed by atoms with Crippen molar-refractivity contribution in [3.63, 3.8) is 0 Å². The quantitative estimate of drug-likeness (QED) is 0.383. The van der Waals surface area contributed by atoms with Crippen molar-refractivity contribution in [1.82, 2.24) is 0 Å². The number of carboxylic acid groups (broad SMARTS) is 1. The second-order valence-electron chi connectivity index (χ2n) is 7.90. The van der Waals surface area contributed by atoms with E-state index in [1.54, 1.807) is 0 Å². The Hall–Kier alpha value is -1.63. The molecule has 0 aliphatic heterocycles. The zero-order valence-electron chi connectivity index (χ0n) is 16.4. The maximum atomic E-state index is 10.5. The molecule has 5 atom stereocenters. The third-order valence-electron chi connectivity index (χ3n) is 5.72. The largest absolute Gasteiger partial charge is 0.491 e. The predicted molar refractivity (Wildman–Crippen MR) is 106 cm³/mol. The number of carboxylic acids is 1. The van der Waals surface area contributed by atoms with E-state index < -0.39 is 24.3 Å². The van der Waals surface area contributed by atoms with Crippen molar-refractivity contribution in [3.05, 3.63) is 30.3 Å². The molecule has 28 heavy (non-hydrogen) atoms. The Labute approximate surface area is 167 Å². The molecule has 0 heterocycles. The van der Waals surface area contributed by atoms with Gasteiger partial charge in [-0.15, -0.1) is 0 Å². The number of rotatable bonds is 13. The predicted octanol–water partition coefficient (Wildman–Crippen LogP) is 2.99. The van der Waals surface area contributed by atoms with E-state index in [0.717, 1.165) is 31.4 Å². The molecule has 158 valence electrons. The van der Waals surface area contributed by atoms with Gasteiger partial charge in [0.25, 0.3) is 0 Å². The van der Waals surface area contributed by atoms with Crippen molar-refractivity contribution in [2.75, 3.05) is 6.61 Å². The molecule has 0 amide bonds. The lowest BCUT2D eigenvalue weighted by Crippen LogP contribution is -2.25. The van der Waals surface area contributed by atoms with E-state index in [0.29, 0.717) is 25.7 Å². The average molecular weight is 395 g/mol. The van der Waals surface area contributed by atoms with Gasteiger partial charge in [-0.25, -0.2) is 0 Å². The van der Waals surface area contributed by atoms with Crippen LogP contribution < -0.4 is 4.74 Å². The number of ether oxygens (including phenoxy) is 1. The van der Waals surface area contributed by atoms with E-state index in [-0.39, 0.29) is 24.9 Å². The number of aliphatic carboxylic acids is 1. The summed E-state index contributed by atoms with van der Waals surface area (Å²) in [6, 6.07) is 9.35. The fraction of sp³-hybridized carbons (Fsp3) is 0.682. The van der Waals surface area contributed by atoms with Gasteiger partial charge in [0.1, 0.15) is 12.4 Å². The van der Waals surface area contributed by atoms with Gasteiger partial charge < -0.3 is 25.2 Å². The molecule has 1 unspecified atom stereocenters. The first kappa shape index (κ1) is 22.7. The van der Waals surface area contributed by atoms with Crippen molar-refractivity contribution < 1.29 is 30.0 Å². The van der Waals surface area contributed by atoms with Gasteiger partial charge in [0.15, 0.2) is 0 Å². The van der Waals surface area contributed by atoms with Gasteiger partial charge in [-0.1, -0.05) is 37.5 Å². The average Bonchev–Trinajstić information content (AvgIpc) is 2.94. The fourth-order valence-corrected chi connectivity index (χ4v) is 4.17. The normalized spacial score (nSPS) is 25.5. The summed E-state index contributed by atoms with van der Waals surface area (Å²) in [5.74, 6) is -0.0139. The number of unbranched alkanes of at least 4 members (excludes halogenated alkanes) is 3. The second-order valence-corrected chi connectivity index (χ2v) is 7.90. The van der Waals surface area contributed by atoms with Crippen LogP contribution in [0.15, 0.2) is 30.3 Å². The minimum absolute atomic E-state index is 0.0135. The fourth-order valence-electron chi connectivity index (χ4n) is 4.17. The number of carbonyl (C=O) groups is 1. The summed E-state index contributed by atoms with van der Waals surface area (Å²) in [4.78, 5) is 10.5. The molecule has 0 spiro atoms. The third kappa shape index (κ3) is 7.78. The van der Waals surface area contributed by atoms with Crippen LogP contribution in [0.1, 0.15) is 57.8 Å². The van der Waals surface area contributed by atoms with Gasteiger partial charge in [0, 0.05) is 6.42 Å². The molecule has 6 nitrogen and oxygen atoms in total. The molecule has 1 aromatic rings. The van der Waals surface area contributed by atoms with Crippen LogP contribution in [0.3, 0.4) is 0 Å². The molecule has 0 saturated heterocycles. The van der Waals surface area contributed by atoms with Gasteiger partial charge in [-0.2, -0.15) is 0 Å². The monoisotopic (exact) mass is 394 g/mol. The van der Waals surface area contributed by atoms with E-state index in [9.17, 15) is 20.1 Å². The molecule has 1 aliphatic carbocycles. The molecule has 1 aliphatic rings. The Morgan fingerprint density at radius 1 is 1.00 bits per heavy atom. The molecule has 1 fully saturated rings. The highest BCUT2D eigenvalue weighted by Gasteiger charge is 2.40. The first-order valence-electron chi connectivity index (χ1n) is 10.4. The van der Waals surface area contributed by atoms with Crippen LogP contribution in [-0.4, -0.2) is 51.3 Å². The molecule has 1 aromatic carbocycles. The molecule has 4 N–H and O–H groups in total. The number of benzene rings is 1. The molecule has 0 radical (unpaired) electrons. The Morgan fingerprint density at radius 3 is 2.32 bits per heavy atom. The summed E-state index contributed by atoms with van der Waals surface area (Å²) in [5.41, 5.74) is 0. The highest BCUT2D eigenvalue weighted by molar-refractivity contribution is 5.66. The van der Waals surface area contributed by atoms with E-state index in [2.05, 4.69) is 0 Å². The maximum absolute atomic E-state index is 10.5. The standard InChI is InChI=1S/C22H34O6/c23-16(15-28-17-8-4-3-5-9-17)12-13-19-18(20(24)14-21(19)25)10-6-1-2-7-11-22(26)27/h3-5,8-9,16,18-21,23-25H,1-2,6-7,10-15H2,(H,26,27)/t16-,18-,19?,20+,21-/m1/s1. The maximum Gasteiger partial charge on any atom is 0.303 e. The number of hydrogen-bond donors (Lipinski definition) is 4. The van der Waals surface area contributed by atoms with E-state index in [1.165, 1.54) is 0 Å². The van der Waals surface area contributed by atoms with E-state index >= 15 is 0 Å². The van der Waals surface area contributed by atoms with Gasteiger partial charge in [0.05, 0.1) is 18.3 Å². The van der Waals surface area contributed by atoms with Crippen molar-refractivity contribution >= 4 is 5.97 Å². The minimum atomic E-state index is -0.760. The zero-order valence-corrected chi connectivity index (χ0v) is 16.4. The summed E-state index contributed by atoms with van der Waals surface area (Å²) in [6.45, 7) is 0.212. The summed E-state index contributed by atoms with van der Waals surface area (Å²) >= 11 is 0. The van der Waals surface area contributed by atoms with Crippen molar-refractivity contribution in [1.29, 1.82) is 0 Å². The topological polar surface area (TPSA) is 107 Å². The Balaban J connectivity index is 1.69. The van der Waals surface area contributed by atoms with Gasteiger partial charge in [0.2, 0.25) is 0 Å². The van der Waals surface area contributed by atoms with Crippen LogP contribution in [-0.2, 0) is 4.79 Å². The lowest BCUT2D eigenvalue weighted by Gasteiger charge is -2.24. The summed E-state index contributed by atoms with van der Waals surface area (Å²) < 4.78 is 5.57. The first-order chi connectivity index (χ1) is 13.5. The van der Waals surface area contributed by atoms with Crippen molar-refractivity contribution in [2.24, 2.45) is 11.8 Å². The minimum Gasteiger partial charge on any atom is -0.491 e. The molecular formula is C22H34O6. The van der Waals surface area contributed by atoms with E-state index in [4.69, 9.17) is 9.84 Å². The molecule has 1 saturated carbocycles. The van der Waals surface area contributed by atoms with Crippen molar-refractivity contribution in [2.45, 2.75) is 76.1 Å². The van der Waals surface area contributed by atoms with Crippen LogP contribution >= 0.6 is 0 Å². The van der Waals surface area contributed by atoms with E-state index in [1.807, 2.05) is 30.3 Å². The Kier molecular flexibility index (Phi) is 9.75. The molecule has 0 aromatic heterocycles. The van der Waals surface area contributed by atoms with Crippen LogP contribution in [0.25, 0.3) is 0 Å². The smallest absolute Gasteiger partial charge is 0.303 e. The number of hydrogen-bond acceptors (Lipinski definition) is 5. The van der Waals surface area contributed by atoms with Crippen LogP contribution in [0.5, 0.6) is 5.75 Å². The van der Waals surface area contributed by atoms with Crippen LogP contribution in [0.4, 0.5) is 0 Å². The summed E-state index contributed by atoms with van der Waals surface area (Å²) in [5, 5.41) is 39.5. The molecule has 0 bridgehead atoms. The lowest BCUT2D eigenvalue weighted by atomic mass is 9.85. The summed E-state index contributed by atoms with van der Waals surface area (Å²) in [6.07, 6.45) is 4.37. The van der Waals surface area contributed by atoms with Gasteiger partial charge >= 0.3 is 5.97 Å². The zero-order chi connectivity index (χ0) is 20.4. The van der Waals surface area contributed by atoms with Crippen molar-refractivity contribution in [3.8, 4) is 5.75 Å². The van der Waals surface area contributed by atoms with Gasteiger partial charge in [-0.05, 0) is 56.1 Å². The number of aliphatic hydroxyl groups excluding tert-OH is 3. The lowest BCUT2D eigenvalue weighted by molar-refractivity contribution is -0.137. The van der Waals surface area contributed by atoms with Crippen LogP contribution in [0, 0.1) is 11.8 Å². The Bertz CT molecular complexity index is 563. The SMILES string of the molecule is O=C(O)CCCCCC[C@@H]1C(CC[C@@H](O)COc2ccccc2)[C@H](O)C[C@@H]1O. The molecular weight excluding hydrogens is 360 g/mol. The first-order valence-corrected chi connectivity index (χ1v) is 10.4. The molecule has 6 heteroatoms. The third-order valence-corrected chi connectivity index (χ3v) is 5.72. The number of para-hydroxylation sites is 1. The van der Waals surface area contributed by atoms with Gasteiger partial charge in [-0.3, -0.25) is 4.79 Å².